The van der Waals surface area contributed by atoms with Gasteiger partial charge in [-0.05, 0) is 48.4 Å². The van der Waals surface area contributed by atoms with Gasteiger partial charge in [0.05, 0.1) is 0 Å². The summed E-state index contributed by atoms with van der Waals surface area (Å²) in [6, 6.07) is 1.99. The smallest absolute Gasteiger partial charge is 0.328 e. The summed E-state index contributed by atoms with van der Waals surface area (Å²) >= 11 is 1.71. The fraction of sp³-hybridized carbons (Fsp3) is 0.500. The van der Waals surface area contributed by atoms with Crippen molar-refractivity contribution in [1.29, 1.82) is 0 Å². The number of hydrogen-bond acceptors (Lipinski definition) is 3. The quantitative estimate of drug-likeness (QED) is 0.770. The second-order valence-electron chi connectivity index (χ2n) is 4.74. The molecule has 0 spiro atoms. The fourth-order valence-electron chi connectivity index (χ4n) is 1.96. The first-order chi connectivity index (χ1) is 8.69. The second-order valence-corrected chi connectivity index (χ2v) is 5.74. The van der Waals surface area contributed by atoms with Crippen LogP contribution in [0.25, 0.3) is 6.08 Å². The normalized spacial score (nSPS) is 15.7. The Labute approximate surface area is 112 Å². The summed E-state index contributed by atoms with van der Waals surface area (Å²) in [4.78, 5) is 14.2. The van der Waals surface area contributed by atoms with Crippen molar-refractivity contribution in [3.63, 3.8) is 0 Å². The van der Waals surface area contributed by atoms with E-state index in [2.05, 4.69) is 11.8 Å². The number of thiophene rings is 1. The molecule has 1 fully saturated rings. The van der Waals surface area contributed by atoms with Gasteiger partial charge in [-0.2, -0.15) is 0 Å². The Morgan fingerprint density at radius 3 is 3.00 bits per heavy atom. The first-order valence-corrected chi connectivity index (χ1v) is 7.26. The summed E-state index contributed by atoms with van der Waals surface area (Å²) in [5, 5.41) is 10.7. The minimum absolute atomic E-state index is 0.891. The average molecular weight is 265 g/mol. The van der Waals surface area contributed by atoms with E-state index in [0.29, 0.717) is 0 Å². The lowest BCUT2D eigenvalue weighted by molar-refractivity contribution is -0.131. The van der Waals surface area contributed by atoms with Gasteiger partial charge < -0.3 is 5.11 Å². The van der Waals surface area contributed by atoms with Crippen LogP contribution in [0.2, 0.25) is 0 Å². The molecule has 1 aromatic rings. The molecule has 0 bridgehead atoms. The van der Waals surface area contributed by atoms with Crippen LogP contribution >= 0.6 is 11.3 Å². The molecule has 1 aliphatic carbocycles. The number of carboxylic acid groups (broad SMARTS) is 1. The maximum atomic E-state index is 10.5. The summed E-state index contributed by atoms with van der Waals surface area (Å²) in [5.74, 6) is 0.000372. The van der Waals surface area contributed by atoms with Gasteiger partial charge in [-0.25, -0.2) is 4.79 Å². The van der Waals surface area contributed by atoms with Crippen LogP contribution in [0.4, 0.5) is 0 Å². The molecule has 0 radical (unpaired) electrons. The lowest BCUT2D eigenvalue weighted by Gasteiger charge is -2.19. The zero-order valence-corrected chi connectivity index (χ0v) is 11.4. The number of nitrogens with zero attached hydrogens (tertiary/aromatic N) is 1. The molecule has 0 amide bonds. The second kappa shape index (κ2) is 6.16. The highest BCUT2D eigenvalue weighted by Gasteiger charge is 2.23. The Bertz CT molecular complexity index is 435. The Balaban J connectivity index is 1.98. The van der Waals surface area contributed by atoms with Crippen molar-refractivity contribution in [2.75, 3.05) is 13.1 Å². The molecule has 3 nitrogen and oxygen atoms in total. The van der Waals surface area contributed by atoms with E-state index in [4.69, 9.17) is 5.11 Å². The maximum absolute atomic E-state index is 10.5. The predicted octanol–water partition coefficient (Wildman–Crippen LogP) is 3.08. The van der Waals surface area contributed by atoms with Crippen LogP contribution < -0.4 is 0 Å². The summed E-state index contributed by atoms with van der Waals surface area (Å²) in [5.41, 5.74) is 1.04. The Hall–Kier alpha value is -1.13. The molecule has 0 unspecified atom stereocenters. The van der Waals surface area contributed by atoms with Crippen molar-refractivity contribution < 1.29 is 9.90 Å². The number of carboxylic acids is 1. The van der Waals surface area contributed by atoms with Crippen molar-refractivity contribution in [2.45, 2.75) is 26.3 Å². The Morgan fingerprint density at radius 2 is 2.39 bits per heavy atom. The highest BCUT2D eigenvalue weighted by atomic mass is 32.1. The van der Waals surface area contributed by atoms with Crippen LogP contribution in [0.15, 0.2) is 17.5 Å². The maximum Gasteiger partial charge on any atom is 0.328 e. The highest BCUT2D eigenvalue weighted by molar-refractivity contribution is 7.10. The molecule has 0 saturated heterocycles. The molecule has 0 aromatic carbocycles. The van der Waals surface area contributed by atoms with Gasteiger partial charge in [-0.15, -0.1) is 11.3 Å². The van der Waals surface area contributed by atoms with Crippen LogP contribution in [0.1, 0.15) is 30.2 Å². The van der Waals surface area contributed by atoms with Crippen LogP contribution in [0, 0.1) is 5.92 Å². The van der Waals surface area contributed by atoms with E-state index >= 15 is 0 Å². The average Bonchev–Trinajstić information content (AvgIpc) is 3.04. The topological polar surface area (TPSA) is 40.5 Å². The molecule has 98 valence electrons. The van der Waals surface area contributed by atoms with E-state index in [9.17, 15) is 4.79 Å². The van der Waals surface area contributed by atoms with Gasteiger partial charge >= 0.3 is 5.97 Å². The third-order valence-corrected chi connectivity index (χ3v) is 4.13. The van der Waals surface area contributed by atoms with E-state index in [-0.39, 0.29) is 0 Å². The molecule has 4 heteroatoms. The molecule has 1 heterocycles. The van der Waals surface area contributed by atoms with Gasteiger partial charge in [0.2, 0.25) is 0 Å². The lowest BCUT2D eigenvalue weighted by Crippen LogP contribution is -2.25. The summed E-state index contributed by atoms with van der Waals surface area (Å²) in [6.45, 7) is 5.35. The largest absolute Gasteiger partial charge is 0.478 e. The van der Waals surface area contributed by atoms with Crippen molar-refractivity contribution in [2.24, 2.45) is 5.92 Å². The minimum atomic E-state index is -0.891. The van der Waals surface area contributed by atoms with Crippen LogP contribution in [0.5, 0.6) is 0 Å². The SMILES string of the molecule is CCN(Cc1sccc1C=CC(=O)O)CC1CC1. The summed E-state index contributed by atoms with van der Waals surface area (Å²) in [7, 11) is 0. The summed E-state index contributed by atoms with van der Waals surface area (Å²) < 4.78 is 0. The van der Waals surface area contributed by atoms with E-state index in [1.54, 1.807) is 17.4 Å². The zero-order chi connectivity index (χ0) is 13.0. The third-order valence-electron chi connectivity index (χ3n) is 3.21. The molecule has 1 aliphatic rings. The first kappa shape index (κ1) is 13.3. The third kappa shape index (κ3) is 3.96. The van der Waals surface area contributed by atoms with E-state index in [0.717, 1.165) is 24.6 Å². The fourth-order valence-corrected chi connectivity index (χ4v) is 2.87. The van der Waals surface area contributed by atoms with Crippen LogP contribution in [0.3, 0.4) is 0 Å². The van der Waals surface area contributed by atoms with Gasteiger partial charge in [0.25, 0.3) is 0 Å². The van der Waals surface area contributed by atoms with E-state index in [1.165, 1.54) is 30.3 Å². The molecule has 2 rings (SSSR count). The van der Waals surface area contributed by atoms with Gasteiger partial charge in [-0.3, -0.25) is 4.90 Å². The van der Waals surface area contributed by atoms with Crippen LogP contribution in [-0.2, 0) is 11.3 Å². The standard InChI is InChI=1S/C14H19NO2S/c1-2-15(9-11-3-4-11)10-13-12(7-8-18-13)5-6-14(16)17/h5-8,11H,2-4,9-10H2,1H3,(H,16,17). The molecular weight excluding hydrogens is 246 g/mol. The molecule has 1 N–H and O–H groups in total. The predicted molar refractivity (Wildman–Crippen MR) is 74.7 cm³/mol. The molecule has 1 aromatic heterocycles. The van der Waals surface area contributed by atoms with Gasteiger partial charge in [0, 0.05) is 24.0 Å². The van der Waals surface area contributed by atoms with E-state index in [1.807, 2.05) is 11.4 Å². The highest BCUT2D eigenvalue weighted by Crippen LogP contribution is 2.30. The lowest BCUT2D eigenvalue weighted by atomic mass is 10.2. The van der Waals surface area contributed by atoms with Crippen molar-refractivity contribution in [3.8, 4) is 0 Å². The van der Waals surface area contributed by atoms with Crippen molar-refractivity contribution in [1.82, 2.24) is 4.90 Å². The van der Waals surface area contributed by atoms with Crippen molar-refractivity contribution >= 4 is 23.4 Å². The van der Waals surface area contributed by atoms with Gasteiger partial charge in [0.1, 0.15) is 0 Å². The Kier molecular flexibility index (Phi) is 4.55. The molecule has 0 atom stereocenters. The molecule has 18 heavy (non-hydrogen) atoms. The van der Waals surface area contributed by atoms with Crippen LogP contribution in [-0.4, -0.2) is 29.1 Å². The molecule has 1 saturated carbocycles. The zero-order valence-electron chi connectivity index (χ0n) is 10.6. The molecule has 0 aliphatic heterocycles. The number of hydrogen-bond donors (Lipinski definition) is 1. The number of rotatable bonds is 7. The summed E-state index contributed by atoms with van der Waals surface area (Å²) in [6.07, 6.45) is 5.64. The molecular formula is C14H19NO2S. The van der Waals surface area contributed by atoms with Gasteiger partial charge in [-0.1, -0.05) is 6.92 Å². The number of aliphatic carboxylic acids is 1. The minimum Gasteiger partial charge on any atom is -0.478 e. The van der Waals surface area contributed by atoms with Crippen molar-refractivity contribution in [3.05, 3.63) is 28.0 Å². The van der Waals surface area contributed by atoms with Gasteiger partial charge in [0.15, 0.2) is 0 Å². The number of carbonyl (C=O) groups is 1. The monoisotopic (exact) mass is 265 g/mol. The first-order valence-electron chi connectivity index (χ1n) is 6.38. The Morgan fingerprint density at radius 1 is 1.61 bits per heavy atom. The van der Waals surface area contributed by atoms with E-state index < -0.39 is 5.97 Å².